The first-order valence-corrected chi connectivity index (χ1v) is 10.5. The summed E-state index contributed by atoms with van der Waals surface area (Å²) in [5.41, 5.74) is 2.43. The molecule has 0 bridgehead atoms. The molecular weight excluding hydrogens is 391 g/mol. The lowest BCUT2D eigenvalue weighted by atomic mass is 10.1. The Hall–Kier alpha value is -3.19. The number of ketones is 1. The maximum absolute atomic E-state index is 13.1. The van der Waals surface area contributed by atoms with Crippen molar-refractivity contribution in [3.8, 4) is 0 Å². The number of hydrogen-bond donors (Lipinski definition) is 2. The highest BCUT2D eigenvalue weighted by Gasteiger charge is 2.14. The van der Waals surface area contributed by atoms with E-state index in [-0.39, 0.29) is 22.9 Å². The van der Waals surface area contributed by atoms with Gasteiger partial charge in [-0.3, -0.25) is 9.52 Å². The fourth-order valence-electron chi connectivity index (χ4n) is 2.72. The molecule has 0 radical (unpaired) electrons. The molecule has 0 aromatic heterocycles. The number of anilines is 2. The van der Waals surface area contributed by atoms with Crippen LogP contribution in [0.2, 0.25) is 0 Å². The van der Waals surface area contributed by atoms with Crippen LogP contribution in [0.3, 0.4) is 0 Å². The SMILES string of the molecule is Cc1ccc(S(=O)(=O)Nc2ccc(C(=O)CCNc3cccc(F)c3)cc2)cc1. The summed E-state index contributed by atoms with van der Waals surface area (Å²) < 4.78 is 40.5. The number of sulfonamides is 1. The van der Waals surface area contributed by atoms with E-state index in [2.05, 4.69) is 10.0 Å². The number of Topliss-reactive ketones (excluding diaryl/α,β-unsaturated/α-hetero) is 1. The normalized spacial score (nSPS) is 11.1. The van der Waals surface area contributed by atoms with Crippen molar-refractivity contribution in [3.05, 3.63) is 89.7 Å². The van der Waals surface area contributed by atoms with Crippen LogP contribution in [0.4, 0.5) is 15.8 Å². The van der Waals surface area contributed by atoms with Gasteiger partial charge in [-0.1, -0.05) is 23.8 Å². The standard InChI is InChI=1S/C22H21FN2O3S/c1-16-5-11-21(12-6-16)29(27,28)25-19-9-7-17(8-10-19)22(26)13-14-24-20-4-2-3-18(23)15-20/h2-12,15,24-25H,13-14H2,1H3. The fourth-order valence-corrected chi connectivity index (χ4v) is 3.78. The lowest BCUT2D eigenvalue weighted by Crippen LogP contribution is -2.13. The summed E-state index contributed by atoms with van der Waals surface area (Å²) in [6, 6.07) is 18.8. The van der Waals surface area contributed by atoms with Crippen LogP contribution in [0, 0.1) is 12.7 Å². The van der Waals surface area contributed by atoms with Crippen LogP contribution in [-0.4, -0.2) is 20.7 Å². The number of benzene rings is 3. The summed E-state index contributed by atoms with van der Waals surface area (Å²) in [7, 11) is -3.69. The van der Waals surface area contributed by atoms with Gasteiger partial charge in [0.2, 0.25) is 0 Å². The van der Waals surface area contributed by atoms with Crippen molar-refractivity contribution >= 4 is 27.2 Å². The van der Waals surface area contributed by atoms with Crippen molar-refractivity contribution in [3.63, 3.8) is 0 Å². The Bertz CT molecular complexity index is 1100. The zero-order valence-electron chi connectivity index (χ0n) is 15.9. The molecule has 0 fully saturated rings. The minimum absolute atomic E-state index is 0.0955. The van der Waals surface area contributed by atoms with E-state index < -0.39 is 10.0 Å². The second-order valence-corrected chi connectivity index (χ2v) is 8.29. The third-order valence-corrected chi connectivity index (χ3v) is 5.69. The topological polar surface area (TPSA) is 75.3 Å². The van der Waals surface area contributed by atoms with Crippen molar-refractivity contribution in [2.75, 3.05) is 16.6 Å². The first kappa shape index (κ1) is 20.5. The molecule has 3 aromatic carbocycles. The van der Waals surface area contributed by atoms with Gasteiger partial charge in [0.1, 0.15) is 5.82 Å². The van der Waals surface area contributed by atoms with Crippen molar-refractivity contribution in [1.82, 2.24) is 0 Å². The van der Waals surface area contributed by atoms with E-state index in [9.17, 15) is 17.6 Å². The third kappa shape index (κ3) is 5.65. The summed E-state index contributed by atoms with van der Waals surface area (Å²) in [5.74, 6) is -0.438. The Morgan fingerprint density at radius 2 is 1.62 bits per heavy atom. The highest BCUT2D eigenvalue weighted by molar-refractivity contribution is 7.92. The van der Waals surface area contributed by atoms with Crippen LogP contribution in [-0.2, 0) is 10.0 Å². The molecule has 0 heterocycles. The molecule has 2 N–H and O–H groups in total. The van der Waals surface area contributed by atoms with E-state index in [0.29, 0.717) is 23.5 Å². The van der Waals surface area contributed by atoms with Gasteiger partial charge in [-0.2, -0.15) is 0 Å². The number of rotatable bonds is 8. The molecule has 3 aromatic rings. The largest absolute Gasteiger partial charge is 0.385 e. The quantitative estimate of drug-likeness (QED) is 0.530. The number of aryl methyl sites for hydroxylation is 1. The maximum Gasteiger partial charge on any atom is 0.261 e. The fraction of sp³-hybridized carbons (Fsp3) is 0.136. The van der Waals surface area contributed by atoms with Gasteiger partial charge in [-0.05, 0) is 61.5 Å². The van der Waals surface area contributed by atoms with E-state index in [1.165, 1.54) is 12.1 Å². The minimum atomic E-state index is -3.69. The number of carbonyl (C=O) groups is 1. The van der Waals surface area contributed by atoms with Gasteiger partial charge in [0, 0.05) is 29.9 Å². The number of halogens is 1. The molecule has 0 amide bonds. The van der Waals surface area contributed by atoms with E-state index in [1.54, 1.807) is 60.7 Å². The van der Waals surface area contributed by atoms with Crippen LogP contribution in [0.1, 0.15) is 22.3 Å². The predicted octanol–water partition coefficient (Wildman–Crippen LogP) is 4.62. The molecular formula is C22H21FN2O3S. The molecule has 150 valence electrons. The molecule has 3 rings (SSSR count). The summed E-state index contributed by atoms with van der Waals surface area (Å²) >= 11 is 0. The minimum Gasteiger partial charge on any atom is -0.385 e. The van der Waals surface area contributed by atoms with Crippen LogP contribution >= 0.6 is 0 Å². The van der Waals surface area contributed by atoms with E-state index in [4.69, 9.17) is 0 Å². The van der Waals surface area contributed by atoms with Gasteiger partial charge >= 0.3 is 0 Å². The highest BCUT2D eigenvalue weighted by Crippen LogP contribution is 2.18. The molecule has 0 aliphatic rings. The highest BCUT2D eigenvalue weighted by atomic mass is 32.2. The van der Waals surface area contributed by atoms with Crippen molar-refractivity contribution in [1.29, 1.82) is 0 Å². The first-order chi connectivity index (χ1) is 13.8. The second kappa shape index (κ2) is 8.87. The lowest BCUT2D eigenvalue weighted by molar-refractivity contribution is 0.0986. The summed E-state index contributed by atoms with van der Waals surface area (Å²) in [6.45, 7) is 2.25. The Labute approximate surface area is 169 Å². The average Bonchev–Trinajstić information content (AvgIpc) is 2.68. The van der Waals surface area contributed by atoms with E-state index >= 15 is 0 Å². The molecule has 29 heavy (non-hydrogen) atoms. The van der Waals surface area contributed by atoms with Gasteiger partial charge in [0.05, 0.1) is 4.90 Å². The first-order valence-electron chi connectivity index (χ1n) is 9.06. The maximum atomic E-state index is 13.1. The van der Waals surface area contributed by atoms with Crippen LogP contribution in [0.25, 0.3) is 0 Å². The summed E-state index contributed by atoms with van der Waals surface area (Å²) in [5, 5.41) is 3.00. The monoisotopic (exact) mass is 412 g/mol. The van der Waals surface area contributed by atoms with Gasteiger partial charge in [-0.15, -0.1) is 0 Å². The van der Waals surface area contributed by atoms with Gasteiger partial charge < -0.3 is 5.32 Å². The Kier molecular flexibility index (Phi) is 6.29. The number of hydrogen-bond acceptors (Lipinski definition) is 4. The summed E-state index contributed by atoms with van der Waals surface area (Å²) in [4.78, 5) is 12.5. The number of carbonyl (C=O) groups excluding carboxylic acids is 1. The molecule has 0 saturated carbocycles. The Balaban J connectivity index is 1.57. The molecule has 7 heteroatoms. The average molecular weight is 412 g/mol. The van der Waals surface area contributed by atoms with Crippen LogP contribution < -0.4 is 10.0 Å². The van der Waals surface area contributed by atoms with Crippen molar-refractivity contribution in [2.45, 2.75) is 18.2 Å². The van der Waals surface area contributed by atoms with E-state index in [0.717, 1.165) is 5.56 Å². The summed E-state index contributed by atoms with van der Waals surface area (Å²) in [6.07, 6.45) is 0.227. The zero-order valence-corrected chi connectivity index (χ0v) is 16.7. The molecule has 0 aliphatic heterocycles. The van der Waals surface area contributed by atoms with Gasteiger partial charge in [0.15, 0.2) is 5.78 Å². The second-order valence-electron chi connectivity index (χ2n) is 6.61. The Morgan fingerprint density at radius 3 is 2.28 bits per heavy atom. The van der Waals surface area contributed by atoms with Gasteiger partial charge in [0.25, 0.3) is 10.0 Å². The molecule has 0 saturated heterocycles. The van der Waals surface area contributed by atoms with E-state index in [1.807, 2.05) is 6.92 Å². The lowest BCUT2D eigenvalue weighted by Gasteiger charge is -2.09. The smallest absolute Gasteiger partial charge is 0.261 e. The predicted molar refractivity (Wildman–Crippen MR) is 112 cm³/mol. The number of nitrogens with one attached hydrogen (secondary N) is 2. The van der Waals surface area contributed by atoms with Crippen LogP contribution in [0.15, 0.2) is 77.7 Å². The molecule has 0 atom stereocenters. The van der Waals surface area contributed by atoms with Crippen molar-refractivity contribution in [2.24, 2.45) is 0 Å². The molecule has 0 aliphatic carbocycles. The Morgan fingerprint density at radius 1 is 0.931 bits per heavy atom. The molecule has 0 unspecified atom stereocenters. The molecule has 0 spiro atoms. The third-order valence-electron chi connectivity index (χ3n) is 4.30. The molecule has 5 nitrogen and oxygen atoms in total. The van der Waals surface area contributed by atoms with Crippen LogP contribution in [0.5, 0.6) is 0 Å². The van der Waals surface area contributed by atoms with Crippen molar-refractivity contribution < 1.29 is 17.6 Å². The van der Waals surface area contributed by atoms with Gasteiger partial charge in [-0.25, -0.2) is 12.8 Å². The zero-order chi connectivity index (χ0) is 20.9.